The number of fused-ring (bicyclic) bond motifs is 4. The lowest BCUT2D eigenvalue weighted by Crippen LogP contribution is -2.45. The summed E-state index contributed by atoms with van der Waals surface area (Å²) in [6.45, 7) is 7.00. The maximum absolute atomic E-state index is 13.6. The van der Waals surface area contributed by atoms with Crippen LogP contribution in [0, 0.1) is 12.7 Å². The number of aromatic amines is 1. The van der Waals surface area contributed by atoms with E-state index in [1.54, 1.807) is 26.0 Å². The largest absolute Gasteiger partial charge is 0.476 e. The highest BCUT2D eigenvalue weighted by molar-refractivity contribution is 6.31. The van der Waals surface area contributed by atoms with Crippen LogP contribution in [0.4, 0.5) is 39.5 Å². The zero-order valence-corrected chi connectivity index (χ0v) is 51.4. The average Bonchev–Trinajstić information content (AvgIpc) is 1.71. The van der Waals surface area contributed by atoms with Crippen molar-refractivity contribution in [2.75, 3.05) is 13.1 Å². The second-order valence-corrected chi connectivity index (χ2v) is 22.2. The Hall–Kier alpha value is -10.5. The van der Waals surface area contributed by atoms with Crippen molar-refractivity contribution in [3.8, 4) is 45.0 Å². The number of carboxylic acids is 1. The number of nitrogens with zero attached hydrogens (tertiary/aromatic N) is 12. The Kier molecular flexibility index (Phi) is 20.1. The highest BCUT2D eigenvalue weighted by atomic mass is 35.5. The van der Waals surface area contributed by atoms with E-state index in [-0.39, 0.29) is 62.7 Å². The standard InChI is InChI=1S/C19H19F2N5O.C18H16F4N4O.C14H7ClF3N3O2.C13H10ClN3O/c20-17(21)16-11-15(13-7-3-1-4-8-13)23-18-14(12-22-26(16)18)19(27)24-25-9-5-2-6-10-25;1-3-10(2)24-17(27)13-9-23-26-15(18(20,21)22)8-14(25-16(13)26)11-4-6-12(19)7-5-11;15-8-3-1-7(2-4-8)9-5-11(14(16,17)18)21-12(19-9)6-10(20-21)13(22)23;1-8-6-13(18)17-12(15-8)7-11(16-17)9-2-4-10(14)5-3-9/h1,3-4,7-8,11-12,17H,2,5-6,9-10H2,(H,24,27);4-10H,3H2,1-2H3,(H,24,27);1-6H,(H,22,23);2-7,16H,1H3. The van der Waals surface area contributed by atoms with Gasteiger partial charge >= 0.3 is 18.3 Å². The second-order valence-electron chi connectivity index (χ2n) is 21.4. The van der Waals surface area contributed by atoms with E-state index >= 15 is 0 Å². The molecule has 4 aromatic carbocycles. The van der Waals surface area contributed by atoms with E-state index in [9.17, 15) is 58.7 Å². The predicted molar refractivity (Wildman–Crippen MR) is 333 cm³/mol. The number of carbonyl (C=O) groups is 3. The Morgan fingerprint density at radius 3 is 1.74 bits per heavy atom. The van der Waals surface area contributed by atoms with E-state index in [0.717, 1.165) is 84.7 Å². The summed E-state index contributed by atoms with van der Waals surface area (Å²) < 4.78 is 124. The second kappa shape index (κ2) is 28.4. The zero-order chi connectivity index (χ0) is 68.0. The highest BCUT2D eigenvalue weighted by Crippen LogP contribution is 2.35. The van der Waals surface area contributed by atoms with E-state index in [1.807, 2.05) is 60.5 Å². The normalized spacial score (nSPS) is 13.0. The van der Waals surface area contributed by atoms with Gasteiger partial charge in [0.05, 0.1) is 35.2 Å². The highest BCUT2D eigenvalue weighted by Gasteiger charge is 2.37. The van der Waals surface area contributed by atoms with Crippen LogP contribution < -0.4 is 16.3 Å². The van der Waals surface area contributed by atoms with Crippen LogP contribution in [0.2, 0.25) is 10.0 Å². The Labute approximate surface area is 541 Å². The molecule has 95 heavy (non-hydrogen) atoms. The van der Waals surface area contributed by atoms with E-state index in [2.05, 4.69) is 51.1 Å². The molecule has 1 fully saturated rings. The van der Waals surface area contributed by atoms with Gasteiger partial charge in [-0.1, -0.05) is 91.1 Å². The molecule has 9 heterocycles. The van der Waals surface area contributed by atoms with Gasteiger partial charge in [0.2, 0.25) is 0 Å². The van der Waals surface area contributed by atoms with Crippen molar-refractivity contribution in [2.45, 2.75) is 71.3 Å². The van der Waals surface area contributed by atoms with Crippen molar-refractivity contribution in [3.05, 3.63) is 218 Å². The number of alkyl halides is 8. The molecule has 4 N–H and O–H groups in total. The zero-order valence-electron chi connectivity index (χ0n) is 49.9. The molecule has 2 amide bonds. The van der Waals surface area contributed by atoms with E-state index in [1.165, 1.54) is 59.2 Å². The van der Waals surface area contributed by atoms with E-state index < -0.39 is 53.6 Å². The fourth-order valence-corrected chi connectivity index (χ4v) is 9.95. The van der Waals surface area contributed by atoms with Gasteiger partial charge in [0.15, 0.2) is 39.7 Å². The van der Waals surface area contributed by atoms with Crippen LogP contribution >= 0.6 is 23.2 Å². The van der Waals surface area contributed by atoms with Gasteiger partial charge in [-0.05, 0) is 105 Å². The lowest BCUT2D eigenvalue weighted by molar-refractivity contribution is -0.143. The third kappa shape index (κ3) is 15.8. The number of halogens is 11. The summed E-state index contributed by atoms with van der Waals surface area (Å²) in [5.41, 5.74) is 4.46. The van der Waals surface area contributed by atoms with Crippen LogP contribution in [0.3, 0.4) is 0 Å². The number of hydrogen-bond donors (Lipinski definition) is 4. The van der Waals surface area contributed by atoms with Crippen LogP contribution in [0.15, 0.2) is 157 Å². The molecule has 1 atom stereocenters. The van der Waals surface area contributed by atoms with Crippen molar-refractivity contribution in [3.63, 3.8) is 0 Å². The first-order chi connectivity index (χ1) is 45.2. The summed E-state index contributed by atoms with van der Waals surface area (Å²) in [4.78, 5) is 64.8. The monoisotopic (exact) mass is 1350 g/mol. The first-order valence-electron chi connectivity index (χ1n) is 28.9. The molecule has 0 radical (unpaired) electrons. The van der Waals surface area contributed by atoms with Crippen molar-refractivity contribution >= 4 is 63.6 Å². The summed E-state index contributed by atoms with van der Waals surface area (Å²) >= 11 is 11.6. The SMILES string of the molecule is CCC(C)NC(=O)c1cnn2c(C(F)(F)F)cc(-c3ccc(F)cc3)nc12.Cc1cc(=O)n2[nH]c(-c3ccc(Cl)cc3)cc2n1.O=C(NN1CCCCC1)c1cnn2c(C(F)F)cc(-c3ccccc3)nc12.O=C(O)c1cc2nc(-c3ccc(Cl)cc3)cc(C(F)(F)F)n2n1. The Balaban J connectivity index is 0.000000139. The Morgan fingerprint density at radius 2 is 1.16 bits per heavy atom. The molecule has 1 saturated heterocycles. The smallest absolute Gasteiger partial charge is 0.433 e. The number of benzene rings is 4. The molecule has 0 bridgehead atoms. The number of piperidine rings is 1. The van der Waals surface area contributed by atoms with Gasteiger partial charge in [-0.2, -0.15) is 41.6 Å². The molecule has 490 valence electrons. The van der Waals surface area contributed by atoms with Gasteiger partial charge in [0.1, 0.15) is 22.6 Å². The third-order valence-electron chi connectivity index (χ3n) is 14.6. The van der Waals surface area contributed by atoms with Crippen LogP contribution in [0.25, 0.3) is 67.6 Å². The van der Waals surface area contributed by atoms with Crippen molar-refractivity contribution < 1.29 is 59.0 Å². The van der Waals surface area contributed by atoms with Gasteiger partial charge in [-0.15, -0.1) is 0 Å². The molecule has 1 aliphatic heterocycles. The quantitative estimate of drug-likeness (QED) is 0.0882. The average molecular weight is 1350 g/mol. The number of carbonyl (C=O) groups excluding carboxylic acids is 2. The number of aryl methyl sites for hydroxylation is 1. The summed E-state index contributed by atoms with van der Waals surface area (Å²) in [6.07, 6.45) is -5.99. The fourth-order valence-electron chi connectivity index (χ4n) is 9.70. The van der Waals surface area contributed by atoms with Crippen LogP contribution in [-0.4, -0.2) is 105 Å². The first kappa shape index (κ1) is 67.4. The summed E-state index contributed by atoms with van der Waals surface area (Å²) in [6, 6.07) is 34.6. The molecule has 13 rings (SSSR count). The van der Waals surface area contributed by atoms with E-state index in [0.29, 0.717) is 59.2 Å². The molecular formula is C64H52Cl2F9N15O5. The maximum Gasteiger partial charge on any atom is 0.433 e. The predicted octanol–water partition coefficient (Wildman–Crippen LogP) is 14.0. The summed E-state index contributed by atoms with van der Waals surface area (Å²) in [7, 11) is 0. The van der Waals surface area contributed by atoms with Crippen molar-refractivity contribution in [2.24, 2.45) is 0 Å². The summed E-state index contributed by atoms with van der Waals surface area (Å²) in [5.74, 6) is -2.90. The lowest BCUT2D eigenvalue weighted by atomic mass is 10.1. The number of aromatic carboxylic acids is 1. The number of carboxylic acid groups (broad SMARTS) is 1. The minimum Gasteiger partial charge on any atom is -0.476 e. The molecule has 31 heteroatoms. The minimum absolute atomic E-state index is 0.0343. The first-order valence-corrected chi connectivity index (χ1v) is 29.6. The van der Waals surface area contributed by atoms with Gasteiger partial charge in [0.25, 0.3) is 23.8 Å². The molecule has 0 saturated carbocycles. The fraction of sp³-hybridized carbons (Fsp3) is 0.203. The van der Waals surface area contributed by atoms with Gasteiger partial charge in [-0.25, -0.2) is 61.0 Å². The Bertz CT molecular complexity index is 4820. The number of nitrogens with one attached hydrogen (secondary N) is 3. The van der Waals surface area contributed by atoms with Gasteiger partial charge in [0, 0.05) is 69.8 Å². The number of aromatic nitrogens is 12. The minimum atomic E-state index is -4.72. The third-order valence-corrected chi connectivity index (χ3v) is 15.1. The number of amides is 2. The molecule has 0 aliphatic carbocycles. The lowest BCUT2D eigenvalue weighted by Gasteiger charge is -2.26. The molecule has 1 aliphatic rings. The van der Waals surface area contributed by atoms with Crippen molar-refractivity contribution in [1.29, 1.82) is 0 Å². The molecule has 0 spiro atoms. The molecule has 1 unspecified atom stereocenters. The molecule has 12 aromatic rings. The number of rotatable bonds is 11. The van der Waals surface area contributed by atoms with Crippen molar-refractivity contribution in [1.82, 2.24) is 74.1 Å². The Morgan fingerprint density at radius 1 is 0.632 bits per heavy atom. The number of hydrazine groups is 1. The van der Waals surface area contributed by atoms with Gasteiger partial charge in [-0.3, -0.25) is 24.9 Å². The van der Waals surface area contributed by atoms with Crippen LogP contribution in [-0.2, 0) is 12.4 Å². The molecule has 20 nitrogen and oxygen atoms in total. The molecule has 8 aromatic heterocycles. The maximum atomic E-state index is 13.6. The number of hydrogen-bond acceptors (Lipinski definition) is 12. The topological polar surface area (TPSA) is 239 Å². The van der Waals surface area contributed by atoms with Gasteiger partial charge < -0.3 is 10.4 Å². The van der Waals surface area contributed by atoms with E-state index in [4.69, 9.17) is 28.3 Å². The number of H-pyrrole nitrogens is 1. The van der Waals surface area contributed by atoms with Crippen LogP contribution in [0.1, 0.15) is 99.9 Å². The van der Waals surface area contributed by atoms with Crippen LogP contribution in [0.5, 0.6) is 0 Å². The molecular weight excluding hydrogens is 1300 g/mol. The summed E-state index contributed by atoms with van der Waals surface area (Å²) in [5, 5.41) is 28.7.